The fraction of sp³-hybridized carbons (Fsp3) is 0.625. The van der Waals surface area contributed by atoms with E-state index in [9.17, 15) is 14.9 Å². The number of amides is 2. The highest BCUT2D eigenvalue weighted by Gasteiger charge is 2.40. The minimum absolute atomic E-state index is 0.0807. The molecule has 0 bridgehead atoms. The molecule has 174 valence electrons. The topological polar surface area (TPSA) is 109 Å². The van der Waals surface area contributed by atoms with Gasteiger partial charge in [0.1, 0.15) is 6.04 Å². The summed E-state index contributed by atoms with van der Waals surface area (Å²) < 4.78 is 11.0. The predicted molar refractivity (Wildman–Crippen MR) is 120 cm³/mol. The van der Waals surface area contributed by atoms with E-state index in [2.05, 4.69) is 26.8 Å². The van der Waals surface area contributed by atoms with Gasteiger partial charge in [-0.1, -0.05) is 20.8 Å². The lowest BCUT2D eigenvalue weighted by Crippen LogP contribution is -2.50. The molecule has 0 spiro atoms. The van der Waals surface area contributed by atoms with Crippen molar-refractivity contribution in [3.63, 3.8) is 0 Å². The summed E-state index contributed by atoms with van der Waals surface area (Å²) in [6, 6.07) is 4.50. The van der Waals surface area contributed by atoms with Crippen LogP contribution >= 0.6 is 0 Å². The van der Waals surface area contributed by atoms with Gasteiger partial charge in [-0.15, -0.1) is 0 Å². The molecule has 8 nitrogen and oxygen atoms in total. The third-order valence-electron chi connectivity index (χ3n) is 6.41. The van der Waals surface area contributed by atoms with Gasteiger partial charge in [0.15, 0.2) is 11.5 Å². The summed E-state index contributed by atoms with van der Waals surface area (Å²) in [6.07, 6.45) is 2.04. The van der Waals surface area contributed by atoms with Crippen LogP contribution in [0, 0.1) is 16.7 Å². The molecule has 1 saturated heterocycles. The third-order valence-corrected chi connectivity index (χ3v) is 6.41. The third kappa shape index (κ3) is 4.53. The summed E-state index contributed by atoms with van der Waals surface area (Å²) in [5, 5.41) is 9.27. The molecule has 1 aromatic carbocycles. The zero-order valence-electron chi connectivity index (χ0n) is 19.7. The Morgan fingerprint density at radius 1 is 1.19 bits per heavy atom. The van der Waals surface area contributed by atoms with Crippen LogP contribution in [0.5, 0.6) is 11.5 Å². The van der Waals surface area contributed by atoms with E-state index < -0.39 is 12.1 Å². The van der Waals surface area contributed by atoms with Crippen LogP contribution < -0.4 is 15.2 Å². The number of likely N-dealkylation sites (tertiary alicyclic amines) is 1. The molecule has 1 aromatic rings. The summed E-state index contributed by atoms with van der Waals surface area (Å²) in [4.78, 5) is 29.5. The number of nitrogens with zero attached hydrogens (tertiary/aromatic N) is 3. The number of hydrogen-bond acceptors (Lipinski definition) is 6. The van der Waals surface area contributed by atoms with E-state index in [1.54, 1.807) is 14.2 Å². The molecule has 2 aliphatic heterocycles. The van der Waals surface area contributed by atoms with Crippen LogP contribution in [0.1, 0.15) is 57.2 Å². The van der Waals surface area contributed by atoms with Crippen LogP contribution in [0.25, 0.3) is 0 Å². The first-order chi connectivity index (χ1) is 15.1. The van der Waals surface area contributed by atoms with Crippen LogP contribution in [-0.4, -0.2) is 61.0 Å². The molecule has 0 radical (unpaired) electrons. The smallest absolute Gasteiger partial charge is 0.241 e. The summed E-state index contributed by atoms with van der Waals surface area (Å²) in [5.41, 5.74) is 8.07. The van der Waals surface area contributed by atoms with Crippen molar-refractivity contribution < 1.29 is 19.1 Å². The zero-order chi connectivity index (χ0) is 23.6. The van der Waals surface area contributed by atoms with Crippen molar-refractivity contribution in [1.29, 1.82) is 5.26 Å². The second kappa shape index (κ2) is 9.37. The SMILES string of the molecule is COc1cc2c(cc1OC)C(C(C)(C)C)N(C(=O)CC(N)C(=O)N1CCCC1C#N)CC2. The average molecular weight is 443 g/mol. The molecule has 0 aromatic heterocycles. The number of nitriles is 1. The minimum Gasteiger partial charge on any atom is -0.493 e. The van der Waals surface area contributed by atoms with Crippen molar-refractivity contribution in [3.8, 4) is 17.6 Å². The van der Waals surface area contributed by atoms with Crippen LogP contribution in [0.2, 0.25) is 0 Å². The summed E-state index contributed by atoms with van der Waals surface area (Å²) in [5.74, 6) is 0.819. The molecule has 3 rings (SSSR count). The van der Waals surface area contributed by atoms with E-state index in [4.69, 9.17) is 15.2 Å². The van der Waals surface area contributed by atoms with E-state index in [0.29, 0.717) is 37.4 Å². The maximum Gasteiger partial charge on any atom is 0.241 e. The maximum atomic E-state index is 13.4. The Balaban J connectivity index is 1.85. The highest BCUT2D eigenvalue weighted by Crippen LogP contribution is 2.45. The van der Waals surface area contributed by atoms with Crippen molar-refractivity contribution in [1.82, 2.24) is 9.80 Å². The molecule has 2 aliphatic rings. The Morgan fingerprint density at radius 2 is 1.84 bits per heavy atom. The maximum absolute atomic E-state index is 13.4. The minimum atomic E-state index is -0.955. The molecule has 0 aliphatic carbocycles. The molecule has 2 amide bonds. The van der Waals surface area contributed by atoms with E-state index in [1.807, 2.05) is 17.0 Å². The normalized spacial score (nSPS) is 21.5. The van der Waals surface area contributed by atoms with Gasteiger partial charge in [0, 0.05) is 13.1 Å². The number of ether oxygens (including phenoxy) is 2. The van der Waals surface area contributed by atoms with Crippen LogP contribution in [-0.2, 0) is 16.0 Å². The van der Waals surface area contributed by atoms with Gasteiger partial charge in [-0.25, -0.2) is 0 Å². The van der Waals surface area contributed by atoms with E-state index in [-0.39, 0.29) is 29.7 Å². The molecular weight excluding hydrogens is 408 g/mol. The first-order valence-electron chi connectivity index (χ1n) is 11.1. The Kier molecular flexibility index (Phi) is 6.99. The largest absolute Gasteiger partial charge is 0.493 e. The van der Waals surface area contributed by atoms with Crippen molar-refractivity contribution in [2.24, 2.45) is 11.1 Å². The molecular formula is C24H34N4O4. The highest BCUT2D eigenvalue weighted by atomic mass is 16.5. The fourth-order valence-electron chi connectivity index (χ4n) is 4.92. The fourth-order valence-corrected chi connectivity index (χ4v) is 4.92. The predicted octanol–water partition coefficient (Wildman–Crippen LogP) is 2.41. The highest BCUT2D eigenvalue weighted by molar-refractivity contribution is 5.89. The lowest BCUT2D eigenvalue weighted by atomic mass is 9.76. The van der Waals surface area contributed by atoms with Crippen LogP contribution in [0.4, 0.5) is 0 Å². The van der Waals surface area contributed by atoms with Gasteiger partial charge in [0.2, 0.25) is 11.8 Å². The summed E-state index contributed by atoms with van der Waals surface area (Å²) in [6.45, 7) is 7.33. The second-order valence-corrected chi connectivity index (χ2v) is 9.64. The zero-order valence-corrected chi connectivity index (χ0v) is 19.7. The Bertz CT molecular complexity index is 918. The average Bonchev–Trinajstić information content (AvgIpc) is 3.24. The molecule has 2 N–H and O–H groups in total. The van der Waals surface area contributed by atoms with Gasteiger partial charge < -0.3 is 25.0 Å². The number of methoxy groups -OCH3 is 2. The first-order valence-corrected chi connectivity index (χ1v) is 11.1. The van der Waals surface area contributed by atoms with Crippen LogP contribution in [0.15, 0.2) is 12.1 Å². The number of fused-ring (bicyclic) bond motifs is 1. The molecule has 0 saturated carbocycles. The first kappa shape index (κ1) is 23.9. The number of carbonyl (C=O) groups excluding carboxylic acids is 2. The van der Waals surface area contributed by atoms with Crippen molar-refractivity contribution in [2.75, 3.05) is 27.3 Å². The quantitative estimate of drug-likeness (QED) is 0.750. The lowest BCUT2D eigenvalue weighted by molar-refractivity contribution is -0.141. The summed E-state index contributed by atoms with van der Waals surface area (Å²) in [7, 11) is 3.21. The van der Waals surface area contributed by atoms with Crippen molar-refractivity contribution in [2.45, 2.75) is 64.6 Å². The second-order valence-electron chi connectivity index (χ2n) is 9.64. The number of carbonyl (C=O) groups is 2. The van der Waals surface area contributed by atoms with Crippen molar-refractivity contribution >= 4 is 11.8 Å². The summed E-state index contributed by atoms with van der Waals surface area (Å²) >= 11 is 0. The Morgan fingerprint density at radius 3 is 2.44 bits per heavy atom. The monoisotopic (exact) mass is 442 g/mol. The van der Waals surface area contributed by atoms with Crippen LogP contribution in [0.3, 0.4) is 0 Å². The van der Waals surface area contributed by atoms with Gasteiger partial charge in [0.05, 0.1) is 38.8 Å². The van der Waals surface area contributed by atoms with Gasteiger partial charge in [-0.05, 0) is 47.9 Å². The van der Waals surface area contributed by atoms with Crippen molar-refractivity contribution in [3.05, 3.63) is 23.3 Å². The molecule has 3 atom stereocenters. The number of benzene rings is 1. The number of nitrogens with two attached hydrogens (primary N) is 1. The van der Waals surface area contributed by atoms with E-state index in [0.717, 1.165) is 17.5 Å². The molecule has 2 heterocycles. The van der Waals surface area contributed by atoms with Gasteiger partial charge in [-0.3, -0.25) is 9.59 Å². The van der Waals surface area contributed by atoms with Gasteiger partial charge in [0.25, 0.3) is 0 Å². The molecule has 8 heteroatoms. The Labute approximate surface area is 190 Å². The van der Waals surface area contributed by atoms with Gasteiger partial charge >= 0.3 is 0 Å². The van der Waals surface area contributed by atoms with E-state index >= 15 is 0 Å². The molecule has 32 heavy (non-hydrogen) atoms. The lowest BCUT2D eigenvalue weighted by Gasteiger charge is -2.45. The number of rotatable bonds is 5. The van der Waals surface area contributed by atoms with Gasteiger partial charge in [-0.2, -0.15) is 5.26 Å². The Hall–Kier alpha value is -2.79. The molecule has 3 unspecified atom stereocenters. The standard InChI is InChI=1S/C24H34N4O4/c1-24(2,3)22-17-12-20(32-5)19(31-4)11-15(17)8-10-28(22)21(29)13-18(26)23(30)27-9-6-7-16(27)14-25/h11-12,16,18,22H,6-10,13,26H2,1-5H3. The number of hydrogen-bond donors (Lipinski definition) is 1. The molecule has 1 fully saturated rings. The van der Waals surface area contributed by atoms with E-state index in [1.165, 1.54) is 4.90 Å².